The molecule has 2 aromatic rings. The van der Waals surface area contributed by atoms with Gasteiger partial charge in [0.25, 0.3) is 11.8 Å². The molecule has 0 spiro atoms. The van der Waals surface area contributed by atoms with E-state index >= 15 is 0 Å². The largest absolute Gasteiger partial charge is 0.462 e. The lowest BCUT2D eigenvalue weighted by atomic mass is 10.2. The first kappa shape index (κ1) is 22.1. The number of esters is 1. The van der Waals surface area contributed by atoms with Crippen LogP contribution in [0.1, 0.15) is 43.0 Å². The van der Waals surface area contributed by atoms with Gasteiger partial charge < -0.3 is 9.64 Å². The number of hydrogen-bond acceptors (Lipinski definition) is 6. The van der Waals surface area contributed by atoms with Crippen molar-refractivity contribution in [2.45, 2.75) is 37.5 Å². The van der Waals surface area contributed by atoms with Crippen molar-refractivity contribution in [2.24, 2.45) is 0 Å². The standard InChI is InChI=1S/C25H26N2O4S/c1-2-3-17-31-25(30)18-11-13-19(14-12-18)27-23(28)21(26-15-7-8-16-26)22(24(27)29)32-20-9-5-4-6-10-20/h4-6,9-14H,2-3,7-8,15-17H2,1H3. The zero-order valence-electron chi connectivity index (χ0n) is 18.1. The monoisotopic (exact) mass is 450 g/mol. The van der Waals surface area contributed by atoms with Gasteiger partial charge in [-0.1, -0.05) is 43.3 Å². The maximum Gasteiger partial charge on any atom is 0.338 e. The van der Waals surface area contributed by atoms with E-state index in [0.29, 0.717) is 28.5 Å². The fourth-order valence-corrected chi connectivity index (χ4v) is 4.81. The van der Waals surface area contributed by atoms with Gasteiger partial charge in [-0.15, -0.1) is 0 Å². The van der Waals surface area contributed by atoms with Gasteiger partial charge in [-0.05, 0) is 55.7 Å². The van der Waals surface area contributed by atoms with E-state index in [0.717, 1.165) is 43.7 Å². The van der Waals surface area contributed by atoms with Crippen molar-refractivity contribution in [1.29, 1.82) is 0 Å². The molecule has 0 bridgehead atoms. The van der Waals surface area contributed by atoms with Crippen LogP contribution in [0.4, 0.5) is 5.69 Å². The molecule has 7 heteroatoms. The lowest BCUT2D eigenvalue weighted by molar-refractivity contribution is -0.121. The minimum absolute atomic E-state index is 0.311. The summed E-state index contributed by atoms with van der Waals surface area (Å²) in [5.41, 5.74) is 1.32. The highest BCUT2D eigenvalue weighted by atomic mass is 32.2. The molecule has 1 saturated heterocycles. The highest BCUT2D eigenvalue weighted by molar-refractivity contribution is 8.04. The highest BCUT2D eigenvalue weighted by Crippen LogP contribution is 2.39. The molecule has 166 valence electrons. The van der Waals surface area contributed by atoms with Gasteiger partial charge in [0, 0.05) is 18.0 Å². The fraction of sp³-hybridized carbons (Fsp3) is 0.320. The van der Waals surface area contributed by atoms with Gasteiger partial charge in [-0.2, -0.15) is 0 Å². The van der Waals surface area contributed by atoms with Crippen LogP contribution >= 0.6 is 11.8 Å². The average molecular weight is 451 g/mol. The Labute approximate surface area is 192 Å². The number of benzene rings is 2. The van der Waals surface area contributed by atoms with Crippen LogP contribution in [-0.2, 0) is 14.3 Å². The quantitative estimate of drug-likeness (QED) is 0.332. The van der Waals surface area contributed by atoms with Gasteiger partial charge in [0.2, 0.25) is 0 Å². The molecule has 2 aliphatic rings. The molecule has 0 N–H and O–H groups in total. The molecule has 0 radical (unpaired) electrons. The average Bonchev–Trinajstić information content (AvgIpc) is 3.41. The Bertz CT molecular complexity index is 1030. The molecule has 2 aliphatic heterocycles. The summed E-state index contributed by atoms with van der Waals surface area (Å²) in [7, 11) is 0. The summed E-state index contributed by atoms with van der Waals surface area (Å²) in [6.45, 7) is 3.94. The second kappa shape index (κ2) is 10.0. The van der Waals surface area contributed by atoms with Crippen LogP contribution < -0.4 is 4.90 Å². The first-order chi connectivity index (χ1) is 15.6. The number of carbonyl (C=O) groups is 3. The van der Waals surface area contributed by atoms with E-state index in [1.165, 1.54) is 16.7 Å². The Kier molecular flexibility index (Phi) is 6.95. The minimum Gasteiger partial charge on any atom is -0.462 e. The number of thioether (sulfide) groups is 1. The summed E-state index contributed by atoms with van der Waals surface area (Å²) < 4.78 is 5.24. The van der Waals surface area contributed by atoms with Crippen molar-refractivity contribution in [3.63, 3.8) is 0 Å². The van der Waals surface area contributed by atoms with Gasteiger partial charge in [0.1, 0.15) is 10.6 Å². The van der Waals surface area contributed by atoms with E-state index in [4.69, 9.17) is 4.74 Å². The minimum atomic E-state index is -0.403. The predicted molar refractivity (Wildman–Crippen MR) is 124 cm³/mol. The molecular formula is C25H26N2O4S. The zero-order chi connectivity index (χ0) is 22.5. The van der Waals surface area contributed by atoms with Gasteiger partial charge in [0.05, 0.1) is 17.9 Å². The van der Waals surface area contributed by atoms with Crippen LogP contribution in [0.2, 0.25) is 0 Å². The van der Waals surface area contributed by atoms with E-state index in [-0.39, 0.29) is 11.8 Å². The third kappa shape index (κ3) is 4.58. The lowest BCUT2D eigenvalue weighted by Crippen LogP contribution is -2.34. The van der Waals surface area contributed by atoms with Crippen LogP contribution in [0.25, 0.3) is 0 Å². The molecule has 0 atom stereocenters. The molecule has 32 heavy (non-hydrogen) atoms. The summed E-state index contributed by atoms with van der Waals surface area (Å²) >= 11 is 1.33. The Morgan fingerprint density at radius 1 is 0.969 bits per heavy atom. The van der Waals surface area contributed by atoms with Gasteiger partial charge in [-0.25, -0.2) is 9.69 Å². The maximum absolute atomic E-state index is 13.4. The van der Waals surface area contributed by atoms with E-state index in [9.17, 15) is 14.4 Å². The van der Waals surface area contributed by atoms with Gasteiger partial charge in [-0.3, -0.25) is 9.59 Å². The molecule has 0 unspecified atom stereocenters. The number of carbonyl (C=O) groups excluding carboxylic acids is 3. The summed E-state index contributed by atoms with van der Waals surface area (Å²) in [4.78, 5) is 43.6. The molecule has 2 amide bonds. The number of nitrogens with zero attached hydrogens (tertiary/aromatic N) is 2. The van der Waals surface area contributed by atoms with Crippen molar-refractivity contribution in [3.05, 3.63) is 70.8 Å². The Balaban J connectivity index is 1.58. The number of likely N-dealkylation sites (tertiary alicyclic amines) is 1. The maximum atomic E-state index is 13.4. The van der Waals surface area contributed by atoms with E-state index in [2.05, 4.69) is 0 Å². The molecule has 2 heterocycles. The summed E-state index contributed by atoms with van der Waals surface area (Å²) in [6, 6.07) is 16.1. The summed E-state index contributed by atoms with van der Waals surface area (Å²) in [5.74, 6) is -1.04. The number of unbranched alkanes of at least 4 members (excludes halogenated alkanes) is 1. The van der Waals surface area contributed by atoms with Crippen molar-refractivity contribution in [3.8, 4) is 0 Å². The van der Waals surface area contributed by atoms with Crippen molar-refractivity contribution in [1.82, 2.24) is 4.90 Å². The van der Waals surface area contributed by atoms with Crippen LogP contribution in [-0.4, -0.2) is 42.4 Å². The Morgan fingerprint density at radius 2 is 1.66 bits per heavy atom. The van der Waals surface area contributed by atoms with Gasteiger partial charge >= 0.3 is 5.97 Å². The third-order valence-corrected chi connectivity index (χ3v) is 6.58. The van der Waals surface area contributed by atoms with Crippen molar-refractivity contribution >= 4 is 35.2 Å². The summed E-state index contributed by atoms with van der Waals surface area (Å²) in [5, 5.41) is 0. The number of imide groups is 1. The van der Waals surface area contributed by atoms with Crippen LogP contribution in [0.15, 0.2) is 70.1 Å². The molecule has 0 saturated carbocycles. The lowest BCUT2D eigenvalue weighted by Gasteiger charge is -2.20. The number of hydrogen-bond donors (Lipinski definition) is 0. The van der Waals surface area contributed by atoms with E-state index in [1.807, 2.05) is 42.2 Å². The molecule has 6 nitrogen and oxygen atoms in total. The van der Waals surface area contributed by atoms with E-state index < -0.39 is 5.97 Å². The van der Waals surface area contributed by atoms with Crippen molar-refractivity contribution in [2.75, 3.05) is 24.6 Å². The second-order valence-corrected chi connectivity index (χ2v) is 8.85. The number of anilines is 1. The van der Waals surface area contributed by atoms with Crippen LogP contribution in [0.3, 0.4) is 0 Å². The van der Waals surface area contributed by atoms with Crippen LogP contribution in [0, 0.1) is 0 Å². The molecule has 4 rings (SSSR count). The molecule has 0 aliphatic carbocycles. The topological polar surface area (TPSA) is 66.9 Å². The molecular weight excluding hydrogens is 424 g/mol. The predicted octanol–water partition coefficient (Wildman–Crippen LogP) is 4.62. The Hall–Kier alpha value is -3.06. The van der Waals surface area contributed by atoms with Crippen LogP contribution in [0.5, 0.6) is 0 Å². The smallest absolute Gasteiger partial charge is 0.338 e. The molecule has 0 aromatic heterocycles. The third-order valence-electron chi connectivity index (χ3n) is 5.50. The summed E-state index contributed by atoms with van der Waals surface area (Å²) in [6.07, 6.45) is 3.76. The number of amides is 2. The first-order valence-electron chi connectivity index (χ1n) is 11.0. The SMILES string of the molecule is CCCCOC(=O)c1ccc(N2C(=O)C(Sc3ccccc3)=C(N3CCCC3)C2=O)cc1. The van der Waals surface area contributed by atoms with Gasteiger partial charge in [0.15, 0.2) is 0 Å². The van der Waals surface area contributed by atoms with Crippen molar-refractivity contribution < 1.29 is 19.1 Å². The number of ether oxygens (including phenoxy) is 1. The second-order valence-electron chi connectivity index (χ2n) is 7.77. The number of rotatable bonds is 8. The normalized spacial score (nSPS) is 16.3. The zero-order valence-corrected chi connectivity index (χ0v) is 18.9. The van der Waals surface area contributed by atoms with E-state index in [1.54, 1.807) is 24.3 Å². The highest BCUT2D eigenvalue weighted by Gasteiger charge is 2.43. The Morgan fingerprint density at radius 3 is 2.31 bits per heavy atom. The first-order valence-corrected chi connectivity index (χ1v) is 11.8. The molecule has 2 aromatic carbocycles. The fourth-order valence-electron chi connectivity index (χ4n) is 3.79. The molecule has 1 fully saturated rings.